The van der Waals surface area contributed by atoms with Crippen LogP contribution in [0.1, 0.15) is 16.7 Å². The Hall–Kier alpha value is -1.96. The molecule has 0 saturated carbocycles. The molecule has 2 aromatic carbocycles. The van der Waals surface area contributed by atoms with Gasteiger partial charge in [0.2, 0.25) is 0 Å². The van der Waals surface area contributed by atoms with Gasteiger partial charge in [0.1, 0.15) is 11.5 Å². The van der Waals surface area contributed by atoms with E-state index >= 15 is 0 Å². The Bertz CT molecular complexity index is 490. The smallest absolute Gasteiger partial charge is 0.125 e. The Kier molecular flexibility index (Phi) is 2.82. The summed E-state index contributed by atoms with van der Waals surface area (Å²) in [5.41, 5.74) is 2.51. The number of hydrogen-bond donors (Lipinski definition) is 2. The zero-order valence-electron chi connectivity index (χ0n) is 9.14. The van der Waals surface area contributed by atoms with Crippen molar-refractivity contribution in [2.24, 2.45) is 0 Å². The van der Waals surface area contributed by atoms with Gasteiger partial charge in [-0.05, 0) is 24.1 Å². The van der Waals surface area contributed by atoms with Gasteiger partial charge in [0.25, 0.3) is 0 Å². The first-order valence-electron chi connectivity index (χ1n) is 5.23. The summed E-state index contributed by atoms with van der Waals surface area (Å²) in [5, 5.41) is 19.3. The second-order valence-corrected chi connectivity index (χ2v) is 3.88. The monoisotopic (exact) mass is 214 g/mol. The number of phenols is 2. The van der Waals surface area contributed by atoms with Gasteiger partial charge in [0, 0.05) is 12.0 Å². The van der Waals surface area contributed by atoms with Gasteiger partial charge in [-0.15, -0.1) is 0 Å². The molecule has 0 unspecified atom stereocenters. The fraction of sp³-hybridized carbons (Fsp3) is 0.143. The van der Waals surface area contributed by atoms with E-state index < -0.39 is 0 Å². The van der Waals surface area contributed by atoms with E-state index in [0.717, 1.165) is 11.1 Å². The van der Waals surface area contributed by atoms with Crippen LogP contribution >= 0.6 is 0 Å². The molecule has 0 heterocycles. The molecule has 0 amide bonds. The molecule has 0 radical (unpaired) electrons. The Morgan fingerprint density at radius 3 is 2.31 bits per heavy atom. The third kappa shape index (κ3) is 2.01. The number of phenolic OH excluding ortho intramolecular Hbond substituents is 2. The van der Waals surface area contributed by atoms with Crippen LogP contribution < -0.4 is 0 Å². The molecule has 16 heavy (non-hydrogen) atoms. The summed E-state index contributed by atoms with van der Waals surface area (Å²) in [5.74, 6) is 0.318. The summed E-state index contributed by atoms with van der Waals surface area (Å²) in [6, 6.07) is 13.3. The molecular formula is C14H14O2. The highest BCUT2D eigenvalue weighted by atomic mass is 16.3. The van der Waals surface area contributed by atoms with Crippen LogP contribution in [0, 0.1) is 6.92 Å². The normalized spacial score (nSPS) is 10.3. The van der Waals surface area contributed by atoms with Gasteiger partial charge in [-0.25, -0.2) is 0 Å². The fourth-order valence-corrected chi connectivity index (χ4v) is 1.70. The molecule has 82 valence electrons. The van der Waals surface area contributed by atoms with Crippen molar-refractivity contribution >= 4 is 0 Å². The highest BCUT2D eigenvalue weighted by molar-refractivity contribution is 5.49. The van der Waals surface area contributed by atoms with Crippen LogP contribution in [-0.2, 0) is 6.42 Å². The van der Waals surface area contributed by atoms with E-state index in [0.29, 0.717) is 12.0 Å². The van der Waals surface area contributed by atoms with Crippen LogP contribution in [0.15, 0.2) is 42.5 Å². The zero-order valence-corrected chi connectivity index (χ0v) is 9.14. The maximum absolute atomic E-state index is 9.88. The third-order valence-corrected chi connectivity index (χ3v) is 2.72. The Balaban J connectivity index is 2.33. The van der Waals surface area contributed by atoms with Crippen LogP contribution in [0.25, 0.3) is 0 Å². The Morgan fingerprint density at radius 1 is 0.938 bits per heavy atom. The predicted octanol–water partition coefficient (Wildman–Crippen LogP) is 3.00. The highest BCUT2D eigenvalue weighted by Gasteiger charge is 2.08. The van der Waals surface area contributed by atoms with Crippen molar-refractivity contribution in [3.8, 4) is 11.5 Å². The first kappa shape index (κ1) is 10.6. The van der Waals surface area contributed by atoms with E-state index in [1.165, 1.54) is 0 Å². The topological polar surface area (TPSA) is 40.5 Å². The summed E-state index contributed by atoms with van der Waals surface area (Å²) in [6.07, 6.45) is 0.674. The Morgan fingerprint density at radius 2 is 1.62 bits per heavy atom. The van der Waals surface area contributed by atoms with Crippen molar-refractivity contribution in [2.45, 2.75) is 13.3 Å². The molecule has 0 fully saturated rings. The molecule has 0 spiro atoms. The fourth-order valence-electron chi connectivity index (χ4n) is 1.70. The van der Waals surface area contributed by atoms with Crippen molar-refractivity contribution in [2.75, 3.05) is 0 Å². The van der Waals surface area contributed by atoms with Crippen molar-refractivity contribution in [1.82, 2.24) is 0 Å². The van der Waals surface area contributed by atoms with E-state index in [4.69, 9.17) is 0 Å². The molecule has 0 aliphatic heterocycles. The molecule has 0 aliphatic carbocycles. The maximum atomic E-state index is 9.88. The molecule has 0 saturated heterocycles. The zero-order chi connectivity index (χ0) is 11.5. The molecule has 2 heteroatoms. The van der Waals surface area contributed by atoms with Crippen LogP contribution in [0.4, 0.5) is 0 Å². The predicted molar refractivity (Wildman–Crippen MR) is 63.8 cm³/mol. The van der Waals surface area contributed by atoms with E-state index in [9.17, 15) is 10.2 Å². The molecule has 2 aromatic rings. The summed E-state index contributed by atoms with van der Waals surface area (Å²) >= 11 is 0. The van der Waals surface area contributed by atoms with Gasteiger partial charge in [0.05, 0.1) is 0 Å². The van der Waals surface area contributed by atoms with Crippen LogP contribution in [0.5, 0.6) is 11.5 Å². The van der Waals surface area contributed by atoms with Gasteiger partial charge in [-0.3, -0.25) is 0 Å². The first-order valence-corrected chi connectivity index (χ1v) is 5.23. The van der Waals surface area contributed by atoms with Gasteiger partial charge in [0.15, 0.2) is 0 Å². The van der Waals surface area contributed by atoms with E-state index in [1.54, 1.807) is 19.1 Å². The van der Waals surface area contributed by atoms with Gasteiger partial charge >= 0.3 is 0 Å². The van der Waals surface area contributed by atoms with Crippen LogP contribution in [0.3, 0.4) is 0 Å². The van der Waals surface area contributed by atoms with Gasteiger partial charge in [-0.1, -0.05) is 36.4 Å². The number of hydrogen-bond acceptors (Lipinski definition) is 2. The maximum Gasteiger partial charge on any atom is 0.125 e. The molecule has 0 atom stereocenters. The van der Waals surface area contributed by atoms with E-state index in [2.05, 4.69) is 0 Å². The molecule has 0 aromatic heterocycles. The van der Waals surface area contributed by atoms with Crippen LogP contribution in [0.2, 0.25) is 0 Å². The van der Waals surface area contributed by atoms with Crippen molar-refractivity contribution in [3.05, 3.63) is 59.2 Å². The minimum Gasteiger partial charge on any atom is -0.508 e. The summed E-state index contributed by atoms with van der Waals surface area (Å²) in [4.78, 5) is 0. The van der Waals surface area contributed by atoms with Crippen LogP contribution in [-0.4, -0.2) is 10.2 Å². The molecule has 2 nitrogen and oxygen atoms in total. The molecule has 0 aliphatic rings. The summed E-state index contributed by atoms with van der Waals surface area (Å²) in [7, 11) is 0. The Labute approximate surface area is 94.8 Å². The summed E-state index contributed by atoms with van der Waals surface area (Å²) < 4.78 is 0. The summed E-state index contributed by atoms with van der Waals surface area (Å²) in [6.45, 7) is 1.71. The van der Waals surface area contributed by atoms with Gasteiger partial charge < -0.3 is 10.2 Å². The number of benzene rings is 2. The van der Waals surface area contributed by atoms with Crippen molar-refractivity contribution in [1.29, 1.82) is 0 Å². The largest absolute Gasteiger partial charge is 0.508 e. The molecule has 2 rings (SSSR count). The second kappa shape index (κ2) is 4.27. The average molecular weight is 214 g/mol. The molecule has 0 bridgehead atoms. The third-order valence-electron chi connectivity index (χ3n) is 2.72. The molecule has 2 N–H and O–H groups in total. The number of rotatable bonds is 2. The second-order valence-electron chi connectivity index (χ2n) is 3.88. The van der Waals surface area contributed by atoms with Crippen molar-refractivity contribution < 1.29 is 10.2 Å². The molecular weight excluding hydrogens is 200 g/mol. The minimum absolute atomic E-state index is 0.134. The van der Waals surface area contributed by atoms with Gasteiger partial charge in [-0.2, -0.15) is 0 Å². The van der Waals surface area contributed by atoms with Crippen molar-refractivity contribution in [3.63, 3.8) is 0 Å². The number of aromatic hydroxyl groups is 2. The average Bonchev–Trinajstić information content (AvgIpc) is 2.31. The standard InChI is InChI=1S/C14H14O2/c1-10-13(15)8-7-12(14(10)16)9-11-5-3-2-4-6-11/h2-8,15-16H,9H2,1H3. The SMILES string of the molecule is Cc1c(O)ccc(Cc2ccccc2)c1O. The lowest BCUT2D eigenvalue weighted by Crippen LogP contribution is -1.90. The lowest BCUT2D eigenvalue weighted by atomic mass is 10.0. The lowest BCUT2D eigenvalue weighted by Gasteiger charge is -2.08. The minimum atomic E-state index is 0.134. The van der Waals surface area contributed by atoms with E-state index in [1.807, 2.05) is 30.3 Å². The lowest BCUT2D eigenvalue weighted by molar-refractivity contribution is 0.439. The highest BCUT2D eigenvalue weighted by Crippen LogP contribution is 2.30. The van der Waals surface area contributed by atoms with E-state index in [-0.39, 0.29) is 11.5 Å². The first-order chi connectivity index (χ1) is 7.68. The quantitative estimate of drug-likeness (QED) is 0.806.